The number of hydrogen-bond acceptors (Lipinski definition) is 5. The van der Waals surface area contributed by atoms with Crippen molar-refractivity contribution >= 4 is 23.1 Å². The van der Waals surface area contributed by atoms with Crippen LogP contribution in [0.3, 0.4) is 0 Å². The zero-order valence-corrected chi connectivity index (χ0v) is 14.2. The highest BCUT2D eigenvalue weighted by Gasteiger charge is 2.28. The Morgan fingerprint density at radius 1 is 1.39 bits per heavy atom. The van der Waals surface area contributed by atoms with Crippen LogP contribution in [0.1, 0.15) is 24.6 Å². The summed E-state index contributed by atoms with van der Waals surface area (Å²) in [4.78, 5) is 26.7. The van der Waals surface area contributed by atoms with Gasteiger partial charge in [-0.1, -0.05) is 6.07 Å². The normalized spacial score (nSPS) is 15.6. The number of nitrogens with zero attached hydrogens (tertiary/aromatic N) is 4. The number of carbonyl (C=O) groups is 1. The fraction of sp³-hybridized carbons (Fsp3) is 0.471. The Hall–Kier alpha value is -1.95. The van der Waals surface area contributed by atoms with Gasteiger partial charge in [-0.15, -0.1) is 11.3 Å². The third-order valence-electron chi connectivity index (χ3n) is 4.34. The number of carbonyl (C=O) groups excluding carboxylic acids is 1. The molecule has 2 aromatic rings. The highest BCUT2D eigenvalue weighted by atomic mass is 32.1. The maximum atomic E-state index is 12.8. The molecule has 0 atom stereocenters. The average Bonchev–Trinajstić information content (AvgIpc) is 3.13. The van der Waals surface area contributed by atoms with Crippen molar-refractivity contribution in [2.75, 3.05) is 24.5 Å². The van der Waals surface area contributed by atoms with Crippen molar-refractivity contribution in [1.82, 2.24) is 14.9 Å². The van der Waals surface area contributed by atoms with E-state index in [9.17, 15) is 4.79 Å². The van der Waals surface area contributed by atoms with Crippen LogP contribution >= 0.6 is 11.3 Å². The Bertz CT molecular complexity index is 609. The number of amides is 1. The lowest BCUT2D eigenvalue weighted by molar-refractivity contribution is -0.136. The Balaban J connectivity index is 1.56. The molecule has 0 spiro atoms. The van der Waals surface area contributed by atoms with E-state index in [4.69, 9.17) is 0 Å². The lowest BCUT2D eigenvalue weighted by Gasteiger charge is -2.34. The predicted octanol–water partition coefficient (Wildman–Crippen LogP) is 2.80. The number of hydrogen-bond donors (Lipinski definition) is 0. The maximum absolute atomic E-state index is 12.8. The minimum Gasteiger partial charge on any atom is -0.355 e. The number of rotatable bonds is 5. The van der Waals surface area contributed by atoms with Crippen molar-refractivity contribution in [2.45, 2.75) is 26.3 Å². The van der Waals surface area contributed by atoms with E-state index in [1.165, 1.54) is 4.88 Å². The molecule has 0 unspecified atom stereocenters. The van der Waals surface area contributed by atoms with Crippen molar-refractivity contribution in [2.24, 2.45) is 5.92 Å². The van der Waals surface area contributed by atoms with Crippen LogP contribution in [0.15, 0.2) is 36.1 Å². The summed E-state index contributed by atoms with van der Waals surface area (Å²) in [6.07, 6.45) is 6.96. The van der Waals surface area contributed by atoms with Crippen LogP contribution in [0.4, 0.5) is 5.82 Å². The van der Waals surface area contributed by atoms with Crippen LogP contribution in [0.2, 0.25) is 0 Å². The first kappa shape index (κ1) is 15.9. The summed E-state index contributed by atoms with van der Waals surface area (Å²) < 4.78 is 0. The quantitative estimate of drug-likeness (QED) is 0.846. The van der Waals surface area contributed by atoms with Gasteiger partial charge in [-0.05, 0) is 31.2 Å². The number of aromatic nitrogens is 2. The molecular formula is C17H22N4OS. The standard InChI is InChI=1S/C17H22N4OS/c1-2-20(13-15-4-3-11-23-15)17(22)14-5-9-21(10-6-14)16-12-18-7-8-19-16/h3-4,7-8,11-12,14H,2,5-6,9-10,13H2,1H3. The van der Waals surface area contributed by atoms with Gasteiger partial charge in [0.2, 0.25) is 5.91 Å². The minimum absolute atomic E-state index is 0.128. The molecule has 0 aromatic carbocycles. The number of anilines is 1. The predicted molar refractivity (Wildman–Crippen MR) is 92.4 cm³/mol. The van der Waals surface area contributed by atoms with Crippen LogP contribution < -0.4 is 4.90 Å². The van der Waals surface area contributed by atoms with Gasteiger partial charge in [-0.3, -0.25) is 9.78 Å². The van der Waals surface area contributed by atoms with Gasteiger partial charge >= 0.3 is 0 Å². The molecule has 3 rings (SSSR count). The first-order chi connectivity index (χ1) is 11.3. The summed E-state index contributed by atoms with van der Waals surface area (Å²) in [6.45, 7) is 5.29. The summed E-state index contributed by atoms with van der Waals surface area (Å²) in [5.41, 5.74) is 0. The Kier molecular flexibility index (Phi) is 5.23. The molecule has 6 heteroatoms. The SMILES string of the molecule is CCN(Cc1cccs1)C(=O)C1CCN(c2cnccn2)CC1. The van der Waals surface area contributed by atoms with E-state index in [0.29, 0.717) is 5.91 Å². The fourth-order valence-electron chi connectivity index (χ4n) is 3.00. The van der Waals surface area contributed by atoms with Crippen LogP contribution in [-0.4, -0.2) is 40.4 Å². The molecule has 2 aromatic heterocycles. The molecule has 1 amide bonds. The highest BCUT2D eigenvalue weighted by Crippen LogP contribution is 2.24. The summed E-state index contributed by atoms with van der Waals surface area (Å²) in [5, 5.41) is 2.06. The van der Waals surface area contributed by atoms with E-state index < -0.39 is 0 Å². The molecule has 1 saturated heterocycles. The summed E-state index contributed by atoms with van der Waals surface area (Å²) in [7, 11) is 0. The fourth-order valence-corrected chi connectivity index (χ4v) is 3.72. The van der Waals surface area contributed by atoms with Gasteiger partial charge in [0.15, 0.2) is 0 Å². The molecule has 0 radical (unpaired) electrons. The molecule has 0 saturated carbocycles. The van der Waals surface area contributed by atoms with Crippen molar-refractivity contribution in [3.63, 3.8) is 0 Å². The van der Waals surface area contributed by atoms with Crippen molar-refractivity contribution in [1.29, 1.82) is 0 Å². The first-order valence-electron chi connectivity index (χ1n) is 8.10. The lowest BCUT2D eigenvalue weighted by Crippen LogP contribution is -2.42. The van der Waals surface area contributed by atoms with Crippen LogP contribution in [0.25, 0.3) is 0 Å². The van der Waals surface area contributed by atoms with E-state index in [-0.39, 0.29) is 5.92 Å². The van der Waals surface area contributed by atoms with Crippen molar-refractivity contribution in [3.05, 3.63) is 41.0 Å². The van der Waals surface area contributed by atoms with Gasteiger partial charge in [0.1, 0.15) is 5.82 Å². The van der Waals surface area contributed by atoms with Gasteiger partial charge in [0.05, 0.1) is 12.7 Å². The molecule has 23 heavy (non-hydrogen) atoms. The molecule has 1 fully saturated rings. The molecule has 3 heterocycles. The second-order valence-corrected chi connectivity index (χ2v) is 6.79. The van der Waals surface area contributed by atoms with Gasteiger partial charge in [0.25, 0.3) is 0 Å². The third kappa shape index (κ3) is 3.88. The maximum Gasteiger partial charge on any atom is 0.226 e. The average molecular weight is 330 g/mol. The van der Waals surface area contributed by atoms with Gasteiger partial charge in [-0.25, -0.2) is 4.98 Å². The molecule has 1 aliphatic rings. The van der Waals surface area contributed by atoms with Gasteiger partial charge < -0.3 is 9.80 Å². The Morgan fingerprint density at radius 2 is 2.22 bits per heavy atom. The van der Waals surface area contributed by atoms with E-state index in [2.05, 4.69) is 33.2 Å². The van der Waals surface area contributed by atoms with E-state index in [0.717, 1.165) is 44.8 Å². The largest absolute Gasteiger partial charge is 0.355 e. The second kappa shape index (κ2) is 7.55. The summed E-state index contributed by atoms with van der Waals surface area (Å²) in [5.74, 6) is 1.33. The third-order valence-corrected chi connectivity index (χ3v) is 5.20. The molecule has 0 aliphatic carbocycles. The van der Waals surface area contributed by atoms with E-state index in [1.54, 1.807) is 29.9 Å². The first-order valence-corrected chi connectivity index (χ1v) is 8.98. The number of piperidine rings is 1. The van der Waals surface area contributed by atoms with E-state index >= 15 is 0 Å². The van der Waals surface area contributed by atoms with Crippen molar-refractivity contribution in [3.8, 4) is 0 Å². The Morgan fingerprint density at radius 3 is 2.83 bits per heavy atom. The molecule has 5 nitrogen and oxygen atoms in total. The molecule has 122 valence electrons. The molecule has 1 aliphatic heterocycles. The zero-order chi connectivity index (χ0) is 16.1. The Labute approximate surface area is 141 Å². The lowest BCUT2D eigenvalue weighted by atomic mass is 9.95. The van der Waals surface area contributed by atoms with Gasteiger partial charge in [0, 0.05) is 42.8 Å². The van der Waals surface area contributed by atoms with Crippen LogP contribution in [-0.2, 0) is 11.3 Å². The topological polar surface area (TPSA) is 49.3 Å². The van der Waals surface area contributed by atoms with E-state index in [1.807, 2.05) is 11.0 Å². The smallest absolute Gasteiger partial charge is 0.226 e. The molecular weight excluding hydrogens is 308 g/mol. The highest BCUT2D eigenvalue weighted by molar-refractivity contribution is 7.09. The zero-order valence-electron chi connectivity index (χ0n) is 13.4. The molecule has 0 N–H and O–H groups in total. The summed E-state index contributed by atoms with van der Waals surface area (Å²) >= 11 is 1.71. The monoisotopic (exact) mass is 330 g/mol. The second-order valence-electron chi connectivity index (χ2n) is 5.76. The van der Waals surface area contributed by atoms with Crippen molar-refractivity contribution < 1.29 is 4.79 Å². The minimum atomic E-state index is 0.128. The number of thiophene rings is 1. The summed E-state index contributed by atoms with van der Waals surface area (Å²) in [6, 6.07) is 4.13. The van der Waals surface area contributed by atoms with Crippen LogP contribution in [0.5, 0.6) is 0 Å². The molecule has 0 bridgehead atoms. The van der Waals surface area contributed by atoms with Gasteiger partial charge in [-0.2, -0.15) is 0 Å². The van der Waals surface area contributed by atoms with Crippen LogP contribution in [0, 0.1) is 5.92 Å².